The highest BCUT2D eigenvalue weighted by molar-refractivity contribution is 4.99. The van der Waals surface area contributed by atoms with Crippen LogP contribution in [0.15, 0.2) is 12.4 Å². The van der Waals surface area contributed by atoms with Crippen LogP contribution in [-0.2, 0) is 11.3 Å². The molecule has 1 unspecified atom stereocenters. The predicted octanol–water partition coefficient (Wildman–Crippen LogP) is 1.62. The standard InChI is InChI=1S/C9H16N2O/c1-8-6-10-11(7-8)5-4-9(2)12-3/h6-7,9H,4-5H2,1-3H3. The van der Waals surface area contributed by atoms with Crippen molar-refractivity contribution in [1.29, 1.82) is 0 Å². The van der Waals surface area contributed by atoms with Gasteiger partial charge in [-0.05, 0) is 25.8 Å². The monoisotopic (exact) mass is 168 g/mol. The average Bonchev–Trinajstić information content (AvgIpc) is 2.47. The zero-order chi connectivity index (χ0) is 8.97. The van der Waals surface area contributed by atoms with E-state index in [1.807, 2.05) is 24.0 Å². The fourth-order valence-corrected chi connectivity index (χ4v) is 1.02. The van der Waals surface area contributed by atoms with Gasteiger partial charge in [-0.2, -0.15) is 5.10 Å². The third-order valence-corrected chi connectivity index (χ3v) is 1.93. The summed E-state index contributed by atoms with van der Waals surface area (Å²) < 4.78 is 7.09. The average molecular weight is 168 g/mol. The van der Waals surface area contributed by atoms with Crippen molar-refractivity contribution in [2.75, 3.05) is 7.11 Å². The van der Waals surface area contributed by atoms with E-state index in [0.717, 1.165) is 13.0 Å². The van der Waals surface area contributed by atoms with Crippen molar-refractivity contribution >= 4 is 0 Å². The SMILES string of the molecule is COC(C)CCn1cc(C)cn1. The summed E-state index contributed by atoms with van der Waals surface area (Å²) in [6, 6.07) is 0. The van der Waals surface area contributed by atoms with Crippen molar-refractivity contribution in [1.82, 2.24) is 9.78 Å². The summed E-state index contributed by atoms with van der Waals surface area (Å²) in [5, 5.41) is 4.18. The lowest BCUT2D eigenvalue weighted by molar-refractivity contribution is 0.106. The second-order valence-corrected chi connectivity index (χ2v) is 3.12. The lowest BCUT2D eigenvalue weighted by atomic mass is 10.3. The van der Waals surface area contributed by atoms with E-state index in [0.29, 0.717) is 6.10 Å². The Labute approximate surface area is 73.3 Å². The molecule has 3 nitrogen and oxygen atoms in total. The van der Waals surface area contributed by atoms with Crippen LogP contribution in [0, 0.1) is 6.92 Å². The Morgan fingerprint density at radius 2 is 2.42 bits per heavy atom. The second-order valence-electron chi connectivity index (χ2n) is 3.12. The van der Waals surface area contributed by atoms with Gasteiger partial charge in [-0.3, -0.25) is 4.68 Å². The van der Waals surface area contributed by atoms with Gasteiger partial charge in [0.1, 0.15) is 0 Å². The van der Waals surface area contributed by atoms with Crippen molar-refractivity contribution in [2.24, 2.45) is 0 Å². The molecule has 0 radical (unpaired) electrons. The molecule has 0 aliphatic rings. The smallest absolute Gasteiger partial charge is 0.0560 e. The Kier molecular flexibility index (Phi) is 3.29. The zero-order valence-electron chi connectivity index (χ0n) is 7.95. The molecule has 1 aromatic heterocycles. The number of aromatic nitrogens is 2. The van der Waals surface area contributed by atoms with E-state index < -0.39 is 0 Å². The van der Waals surface area contributed by atoms with Crippen LogP contribution in [0.2, 0.25) is 0 Å². The van der Waals surface area contributed by atoms with Gasteiger partial charge in [0.15, 0.2) is 0 Å². The van der Waals surface area contributed by atoms with Crippen molar-refractivity contribution in [3.8, 4) is 0 Å². The van der Waals surface area contributed by atoms with Crippen LogP contribution < -0.4 is 0 Å². The molecule has 0 fully saturated rings. The summed E-state index contributed by atoms with van der Waals surface area (Å²) >= 11 is 0. The first-order chi connectivity index (χ1) is 5.72. The summed E-state index contributed by atoms with van der Waals surface area (Å²) in [5.41, 5.74) is 1.21. The van der Waals surface area contributed by atoms with Crippen LogP contribution >= 0.6 is 0 Å². The third-order valence-electron chi connectivity index (χ3n) is 1.93. The Morgan fingerprint density at radius 3 is 2.92 bits per heavy atom. The number of hydrogen-bond acceptors (Lipinski definition) is 2. The van der Waals surface area contributed by atoms with E-state index in [4.69, 9.17) is 4.74 Å². The molecule has 0 saturated carbocycles. The largest absolute Gasteiger partial charge is 0.382 e. The van der Waals surface area contributed by atoms with Crippen LogP contribution in [0.5, 0.6) is 0 Å². The van der Waals surface area contributed by atoms with Crippen molar-refractivity contribution < 1.29 is 4.74 Å². The van der Waals surface area contributed by atoms with Crippen molar-refractivity contribution in [2.45, 2.75) is 32.9 Å². The molecule has 1 rings (SSSR count). The molecule has 68 valence electrons. The Balaban J connectivity index is 2.33. The molecule has 0 bridgehead atoms. The molecule has 0 saturated heterocycles. The molecule has 12 heavy (non-hydrogen) atoms. The summed E-state index contributed by atoms with van der Waals surface area (Å²) in [7, 11) is 1.74. The van der Waals surface area contributed by atoms with Crippen molar-refractivity contribution in [3.05, 3.63) is 18.0 Å². The highest BCUT2D eigenvalue weighted by Crippen LogP contribution is 2.00. The molecule has 0 aromatic carbocycles. The maximum absolute atomic E-state index is 5.14. The number of methoxy groups -OCH3 is 1. The van der Waals surface area contributed by atoms with Crippen LogP contribution in [0.4, 0.5) is 0 Å². The first-order valence-electron chi connectivity index (χ1n) is 4.24. The zero-order valence-corrected chi connectivity index (χ0v) is 7.95. The van der Waals surface area contributed by atoms with Gasteiger partial charge in [0.05, 0.1) is 12.3 Å². The van der Waals surface area contributed by atoms with Crippen molar-refractivity contribution in [3.63, 3.8) is 0 Å². The Morgan fingerprint density at radius 1 is 1.67 bits per heavy atom. The molecule has 0 spiro atoms. The Bertz CT molecular complexity index is 232. The normalized spacial score (nSPS) is 13.2. The number of aryl methyl sites for hydroxylation is 2. The van der Waals surface area contributed by atoms with Gasteiger partial charge in [0.2, 0.25) is 0 Å². The highest BCUT2D eigenvalue weighted by atomic mass is 16.5. The molecule has 0 aliphatic heterocycles. The van der Waals surface area contributed by atoms with E-state index in [1.54, 1.807) is 7.11 Å². The van der Waals surface area contributed by atoms with Gasteiger partial charge in [-0.25, -0.2) is 0 Å². The fourth-order valence-electron chi connectivity index (χ4n) is 1.02. The molecule has 0 amide bonds. The minimum absolute atomic E-state index is 0.314. The van der Waals surface area contributed by atoms with Crippen LogP contribution in [-0.4, -0.2) is 23.0 Å². The summed E-state index contributed by atoms with van der Waals surface area (Å²) in [6.45, 7) is 5.04. The van der Waals surface area contributed by atoms with E-state index >= 15 is 0 Å². The molecule has 0 aliphatic carbocycles. The fraction of sp³-hybridized carbons (Fsp3) is 0.667. The molecule has 1 atom stereocenters. The number of rotatable bonds is 4. The van der Waals surface area contributed by atoms with Gasteiger partial charge in [-0.1, -0.05) is 0 Å². The number of hydrogen-bond donors (Lipinski definition) is 0. The summed E-state index contributed by atoms with van der Waals surface area (Å²) in [6.07, 6.45) is 5.24. The van der Waals surface area contributed by atoms with Gasteiger partial charge in [0.25, 0.3) is 0 Å². The third kappa shape index (κ3) is 2.66. The van der Waals surface area contributed by atoms with Gasteiger partial charge in [0, 0.05) is 19.9 Å². The van der Waals surface area contributed by atoms with E-state index in [2.05, 4.69) is 12.0 Å². The molecule has 1 heterocycles. The van der Waals surface area contributed by atoms with Crippen LogP contribution in [0.25, 0.3) is 0 Å². The minimum Gasteiger partial charge on any atom is -0.382 e. The summed E-state index contributed by atoms with van der Waals surface area (Å²) in [5.74, 6) is 0. The summed E-state index contributed by atoms with van der Waals surface area (Å²) in [4.78, 5) is 0. The second kappa shape index (κ2) is 4.26. The first kappa shape index (κ1) is 9.26. The predicted molar refractivity (Wildman–Crippen MR) is 48.1 cm³/mol. The lowest BCUT2D eigenvalue weighted by Gasteiger charge is -2.08. The van der Waals surface area contributed by atoms with Gasteiger partial charge < -0.3 is 4.74 Å². The highest BCUT2D eigenvalue weighted by Gasteiger charge is 1.99. The van der Waals surface area contributed by atoms with Gasteiger partial charge in [-0.15, -0.1) is 0 Å². The van der Waals surface area contributed by atoms with Gasteiger partial charge >= 0.3 is 0 Å². The van der Waals surface area contributed by atoms with E-state index in [9.17, 15) is 0 Å². The molecule has 0 N–H and O–H groups in total. The molecule has 1 aromatic rings. The van der Waals surface area contributed by atoms with E-state index in [-0.39, 0.29) is 0 Å². The van der Waals surface area contributed by atoms with Crippen LogP contribution in [0.1, 0.15) is 18.9 Å². The molecular weight excluding hydrogens is 152 g/mol. The maximum atomic E-state index is 5.14. The minimum atomic E-state index is 0.314. The quantitative estimate of drug-likeness (QED) is 0.683. The lowest BCUT2D eigenvalue weighted by Crippen LogP contribution is -2.09. The number of nitrogens with zero attached hydrogens (tertiary/aromatic N) is 2. The van der Waals surface area contributed by atoms with E-state index in [1.165, 1.54) is 5.56 Å². The number of ether oxygens (including phenoxy) is 1. The topological polar surface area (TPSA) is 27.1 Å². The first-order valence-corrected chi connectivity index (χ1v) is 4.24. The van der Waals surface area contributed by atoms with Crippen LogP contribution in [0.3, 0.4) is 0 Å². The maximum Gasteiger partial charge on any atom is 0.0560 e. The molecular formula is C9H16N2O. The molecule has 3 heteroatoms. The Hall–Kier alpha value is -0.830.